The predicted octanol–water partition coefficient (Wildman–Crippen LogP) is 5.23. The van der Waals surface area contributed by atoms with Gasteiger partial charge in [0.15, 0.2) is 17.3 Å². The first-order chi connectivity index (χ1) is 14.2. The maximum atomic E-state index is 12.9. The number of hydrogen-bond acceptors (Lipinski definition) is 4. The summed E-state index contributed by atoms with van der Waals surface area (Å²) in [4.78, 5) is 38.1. The summed E-state index contributed by atoms with van der Waals surface area (Å²) in [5.74, 6) is 0.177. The Hall–Kier alpha value is -3.47. The lowest BCUT2D eigenvalue weighted by Crippen LogP contribution is -2.26. The quantitative estimate of drug-likeness (QED) is 0.608. The van der Waals surface area contributed by atoms with E-state index in [9.17, 15) is 14.4 Å². The zero-order chi connectivity index (χ0) is 21.5. The Morgan fingerprint density at radius 2 is 1.67 bits per heavy atom. The first-order valence-corrected chi connectivity index (χ1v) is 9.92. The van der Waals surface area contributed by atoms with Gasteiger partial charge >= 0.3 is 0 Å². The summed E-state index contributed by atoms with van der Waals surface area (Å²) in [6, 6.07) is 15.8. The van der Waals surface area contributed by atoms with Gasteiger partial charge in [0.2, 0.25) is 0 Å². The number of hydrogen-bond donors (Lipinski definition) is 1. The third-order valence-electron chi connectivity index (χ3n) is 5.40. The van der Waals surface area contributed by atoms with Gasteiger partial charge in [0.05, 0.1) is 5.56 Å². The largest absolute Gasteiger partial charge is 0.455 e. The number of benzene rings is 2. The molecule has 3 aromatic rings. The summed E-state index contributed by atoms with van der Waals surface area (Å²) in [5, 5.41) is 2.79. The number of amides is 1. The maximum absolute atomic E-state index is 12.9. The van der Waals surface area contributed by atoms with Crippen LogP contribution in [0.3, 0.4) is 0 Å². The lowest BCUT2D eigenvalue weighted by molar-refractivity contribution is 0.0898. The van der Waals surface area contributed by atoms with Crippen LogP contribution >= 0.6 is 0 Å². The first kappa shape index (κ1) is 19.8. The molecule has 0 spiro atoms. The van der Waals surface area contributed by atoms with Gasteiger partial charge in [-0.05, 0) is 24.5 Å². The second-order valence-corrected chi connectivity index (χ2v) is 8.53. The Bertz CT molecular complexity index is 1160. The number of anilines is 1. The van der Waals surface area contributed by atoms with Crippen LogP contribution in [0.15, 0.2) is 59.0 Å². The second-order valence-electron chi connectivity index (χ2n) is 8.53. The zero-order valence-electron chi connectivity index (χ0n) is 17.2. The monoisotopic (exact) mass is 401 g/mol. The van der Waals surface area contributed by atoms with Crippen LogP contribution in [-0.2, 0) is 6.42 Å². The Kier molecular flexibility index (Phi) is 4.90. The molecule has 5 heteroatoms. The molecule has 5 nitrogen and oxygen atoms in total. The van der Waals surface area contributed by atoms with Gasteiger partial charge in [0.1, 0.15) is 5.76 Å². The van der Waals surface area contributed by atoms with E-state index in [0.717, 1.165) is 0 Å². The van der Waals surface area contributed by atoms with E-state index in [2.05, 4.69) is 5.32 Å². The highest BCUT2D eigenvalue weighted by atomic mass is 16.4. The predicted molar refractivity (Wildman–Crippen MR) is 114 cm³/mol. The number of furan rings is 1. The normalized spacial score (nSPS) is 14.8. The molecule has 2 aromatic carbocycles. The molecule has 0 fully saturated rings. The molecule has 1 N–H and O–H groups in total. The topological polar surface area (TPSA) is 76.4 Å². The van der Waals surface area contributed by atoms with Crippen LogP contribution in [0.1, 0.15) is 68.4 Å². The van der Waals surface area contributed by atoms with Crippen molar-refractivity contribution in [2.75, 3.05) is 5.32 Å². The van der Waals surface area contributed by atoms with Crippen LogP contribution in [-0.4, -0.2) is 17.5 Å². The van der Waals surface area contributed by atoms with E-state index in [1.165, 1.54) is 0 Å². The van der Waals surface area contributed by atoms with Gasteiger partial charge in [0.25, 0.3) is 5.91 Å². The third-order valence-corrected chi connectivity index (χ3v) is 5.40. The SMILES string of the molecule is Cc1c(C(=O)Nc2cccc(C(=O)c3ccccc3)c2)oc2c1C(=O)CC(C)(C)C2. The number of carbonyl (C=O) groups excluding carboxylic acids is 3. The number of nitrogens with one attached hydrogen (secondary N) is 1. The average molecular weight is 401 g/mol. The van der Waals surface area contributed by atoms with Gasteiger partial charge < -0.3 is 9.73 Å². The zero-order valence-corrected chi connectivity index (χ0v) is 17.2. The lowest BCUT2D eigenvalue weighted by Gasteiger charge is -2.27. The molecule has 0 radical (unpaired) electrons. The first-order valence-electron chi connectivity index (χ1n) is 9.92. The van der Waals surface area contributed by atoms with E-state index in [1.54, 1.807) is 43.3 Å². The molecule has 1 amide bonds. The molecular weight excluding hydrogens is 378 g/mol. The molecule has 0 saturated heterocycles. The van der Waals surface area contributed by atoms with Gasteiger partial charge in [-0.25, -0.2) is 0 Å². The molecule has 0 aliphatic heterocycles. The molecule has 1 aliphatic rings. The molecule has 30 heavy (non-hydrogen) atoms. The standard InChI is InChI=1S/C25H23NO4/c1-15-21-19(27)13-25(2,3)14-20(21)30-23(15)24(29)26-18-11-7-10-17(12-18)22(28)16-8-5-4-6-9-16/h4-12H,13-14H2,1-3H3,(H,26,29). The van der Waals surface area contributed by atoms with Crippen LogP contribution in [0.25, 0.3) is 0 Å². The molecule has 4 rings (SSSR count). The van der Waals surface area contributed by atoms with Crippen molar-refractivity contribution in [2.24, 2.45) is 5.41 Å². The highest BCUT2D eigenvalue weighted by Crippen LogP contribution is 2.38. The minimum atomic E-state index is -0.434. The summed E-state index contributed by atoms with van der Waals surface area (Å²) >= 11 is 0. The number of ketones is 2. The van der Waals surface area contributed by atoms with E-state index >= 15 is 0 Å². The Labute approximate surface area is 175 Å². The number of fused-ring (bicyclic) bond motifs is 1. The van der Waals surface area contributed by atoms with Crippen LogP contribution in [0.2, 0.25) is 0 Å². The molecule has 0 unspecified atom stereocenters. The minimum absolute atomic E-state index is 0.0111. The van der Waals surface area contributed by atoms with E-state index in [1.807, 2.05) is 32.0 Å². The minimum Gasteiger partial charge on any atom is -0.455 e. The van der Waals surface area contributed by atoms with Crippen LogP contribution in [0.5, 0.6) is 0 Å². The van der Waals surface area contributed by atoms with Gasteiger partial charge in [-0.15, -0.1) is 0 Å². The van der Waals surface area contributed by atoms with E-state index in [0.29, 0.717) is 46.5 Å². The fourth-order valence-electron chi connectivity index (χ4n) is 3.98. The van der Waals surface area contributed by atoms with Crippen molar-refractivity contribution in [2.45, 2.75) is 33.6 Å². The molecule has 1 aliphatic carbocycles. The summed E-state index contributed by atoms with van der Waals surface area (Å²) in [7, 11) is 0. The molecule has 0 saturated carbocycles. The summed E-state index contributed by atoms with van der Waals surface area (Å²) < 4.78 is 5.82. The maximum Gasteiger partial charge on any atom is 0.291 e. The van der Waals surface area contributed by atoms with Crippen molar-refractivity contribution in [1.82, 2.24) is 0 Å². The third kappa shape index (κ3) is 3.71. The Morgan fingerprint density at radius 1 is 0.967 bits per heavy atom. The highest BCUT2D eigenvalue weighted by molar-refractivity contribution is 6.11. The van der Waals surface area contributed by atoms with Gasteiger partial charge in [-0.1, -0.05) is 56.3 Å². The van der Waals surface area contributed by atoms with Gasteiger partial charge in [0, 0.05) is 35.2 Å². The number of rotatable bonds is 4. The Balaban J connectivity index is 1.59. The van der Waals surface area contributed by atoms with Gasteiger partial charge in [-0.2, -0.15) is 0 Å². The van der Waals surface area contributed by atoms with E-state index < -0.39 is 5.91 Å². The average Bonchev–Trinajstić information content (AvgIpc) is 3.03. The van der Waals surface area contributed by atoms with Gasteiger partial charge in [-0.3, -0.25) is 14.4 Å². The van der Waals surface area contributed by atoms with Crippen molar-refractivity contribution in [3.63, 3.8) is 0 Å². The Morgan fingerprint density at radius 3 is 2.40 bits per heavy atom. The molecule has 0 bridgehead atoms. The summed E-state index contributed by atoms with van der Waals surface area (Å²) in [6.07, 6.45) is 1.05. The summed E-state index contributed by atoms with van der Waals surface area (Å²) in [6.45, 7) is 5.77. The van der Waals surface area contributed by atoms with Crippen LogP contribution in [0, 0.1) is 12.3 Å². The van der Waals surface area contributed by atoms with E-state index in [4.69, 9.17) is 4.42 Å². The second kappa shape index (κ2) is 7.41. The van der Waals surface area contributed by atoms with Crippen LogP contribution < -0.4 is 5.32 Å². The fourth-order valence-corrected chi connectivity index (χ4v) is 3.98. The molecule has 1 heterocycles. The molecular formula is C25H23NO4. The smallest absolute Gasteiger partial charge is 0.291 e. The lowest BCUT2D eigenvalue weighted by atomic mass is 9.76. The molecule has 1 aromatic heterocycles. The number of carbonyl (C=O) groups is 3. The van der Waals surface area contributed by atoms with Crippen molar-refractivity contribution in [3.8, 4) is 0 Å². The molecule has 0 atom stereocenters. The van der Waals surface area contributed by atoms with Crippen molar-refractivity contribution in [1.29, 1.82) is 0 Å². The fraction of sp³-hybridized carbons (Fsp3) is 0.240. The molecule has 152 valence electrons. The van der Waals surface area contributed by atoms with Crippen molar-refractivity contribution in [3.05, 3.63) is 88.4 Å². The summed E-state index contributed by atoms with van der Waals surface area (Å²) in [5.41, 5.74) is 2.46. The highest BCUT2D eigenvalue weighted by Gasteiger charge is 2.37. The van der Waals surface area contributed by atoms with Crippen LogP contribution in [0.4, 0.5) is 5.69 Å². The van der Waals surface area contributed by atoms with Crippen molar-refractivity contribution >= 4 is 23.2 Å². The van der Waals surface area contributed by atoms with Crippen molar-refractivity contribution < 1.29 is 18.8 Å². The number of Topliss-reactive ketones (excluding diaryl/α,β-unsaturated/α-hetero) is 1. The van der Waals surface area contributed by atoms with E-state index in [-0.39, 0.29) is 22.7 Å².